The van der Waals surface area contributed by atoms with E-state index in [9.17, 15) is 9.59 Å². The molecule has 0 aromatic carbocycles. The standard InChI is InChI=1S/C4H7NO4.2CH3.Sn/c6-3(7)1-5-2-4(8)9;;;/h5H,1-2H2,(H,6,7)(H,8,9);2*1H3;/q;;;+2/p-2. The van der Waals surface area contributed by atoms with E-state index < -0.39 is 19.2 Å². The summed E-state index contributed by atoms with van der Waals surface area (Å²) in [6, 6.07) is 0. The Labute approximate surface area is 75.4 Å². The molecule has 0 amide bonds. The summed E-state index contributed by atoms with van der Waals surface area (Å²) in [5, 5.41) is 2.61. The summed E-state index contributed by atoms with van der Waals surface area (Å²) in [6.45, 7) is 0.185. The summed E-state index contributed by atoms with van der Waals surface area (Å²) >= 11 is -3.25. The third-order valence-corrected chi connectivity index (χ3v) is 5.36. The molecule has 1 aliphatic rings. The van der Waals surface area contributed by atoms with Gasteiger partial charge in [-0.05, 0) is 0 Å². The molecule has 1 aliphatic heterocycles. The topological polar surface area (TPSA) is 64.6 Å². The van der Waals surface area contributed by atoms with Crippen LogP contribution in [-0.4, -0.2) is 44.2 Å². The molecule has 0 saturated carbocycles. The molecule has 1 rings (SSSR count). The van der Waals surface area contributed by atoms with Crippen molar-refractivity contribution < 1.29 is 15.7 Å². The molecule has 0 atom stereocenters. The molecule has 1 fully saturated rings. The first-order valence-corrected chi connectivity index (χ1v) is 11.7. The monoisotopic (exact) mass is 281 g/mol. The van der Waals surface area contributed by atoms with Gasteiger partial charge in [0.1, 0.15) is 0 Å². The number of carbonyl (C=O) groups excluding carboxylic acids is 2. The van der Waals surface area contributed by atoms with Gasteiger partial charge in [0, 0.05) is 0 Å². The Bertz CT molecular complexity index is 196. The van der Waals surface area contributed by atoms with Crippen LogP contribution in [-0.2, 0) is 15.7 Å². The van der Waals surface area contributed by atoms with Crippen LogP contribution < -0.4 is 5.32 Å². The number of hydrogen-bond donors (Lipinski definition) is 1. The Kier molecular flexibility index (Phi) is 2.94. The SMILES string of the molecule is [CH3][Sn]1([CH3])[O]C(=O)CNCC(=O)[O]1. The van der Waals surface area contributed by atoms with Gasteiger partial charge >= 0.3 is 75.2 Å². The fourth-order valence-corrected chi connectivity index (χ4v) is 4.57. The van der Waals surface area contributed by atoms with Gasteiger partial charge in [0.25, 0.3) is 0 Å². The molecular formula is C6H11NO4Sn. The first-order chi connectivity index (χ1) is 5.49. The second-order valence-electron chi connectivity index (χ2n) is 2.95. The predicted molar refractivity (Wildman–Crippen MR) is 42.5 cm³/mol. The minimum absolute atomic E-state index is 0.0927. The van der Waals surface area contributed by atoms with Crippen molar-refractivity contribution in [1.29, 1.82) is 0 Å². The van der Waals surface area contributed by atoms with E-state index in [0.717, 1.165) is 0 Å². The van der Waals surface area contributed by atoms with Gasteiger partial charge in [0.2, 0.25) is 0 Å². The molecule has 1 saturated heterocycles. The molecule has 1 N–H and O–H groups in total. The molecule has 1 heterocycles. The molecule has 6 heteroatoms. The van der Waals surface area contributed by atoms with Crippen molar-refractivity contribution in [3.8, 4) is 0 Å². The van der Waals surface area contributed by atoms with E-state index in [2.05, 4.69) is 5.32 Å². The van der Waals surface area contributed by atoms with Crippen molar-refractivity contribution >= 4 is 31.1 Å². The zero-order valence-electron chi connectivity index (χ0n) is 7.05. The van der Waals surface area contributed by atoms with Crippen LogP contribution in [0.1, 0.15) is 0 Å². The summed E-state index contributed by atoms with van der Waals surface area (Å²) in [6.07, 6.45) is 0. The van der Waals surface area contributed by atoms with E-state index in [4.69, 9.17) is 6.15 Å². The Morgan fingerprint density at radius 3 is 2.00 bits per heavy atom. The van der Waals surface area contributed by atoms with E-state index in [-0.39, 0.29) is 25.0 Å². The molecule has 0 aromatic rings. The summed E-state index contributed by atoms with van der Waals surface area (Å²) < 4.78 is 10.0. The van der Waals surface area contributed by atoms with Crippen molar-refractivity contribution in [2.24, 2.45) is 0 Å². The number of rotatable bonds is 0. The fourth-order valence-electron chi connectivity index (χ4n) is 0.908. The van der Waals surface area contributed by atoms with Gasteiger partial charge in [0.05, 0.1) is 0 Å². The maximum absolute atomic E-state index is 10.9. The summed E-state index contributed by atoms with van der Waals surface area (Å²) in [4.78, 5) is 25.3. The second kappa shape index (κ2) is 3.61. The van der Waals surface area contributed by atoms with Gasteiger partial charge in [-0.25, -0.2) is 0 Å². The van der Waals surface area contributed by atoms with E-state index in [0.29, 0.717) is 0 Å². The van der Waals surface area contributed by atoms with Crippen LogP contribution in [0.4, 0.5) is 0 Å². The van der Waals surface area contributed by atoms with E-state index in [1.54, 1.807) is 9.88 Å². The third kappa shape index (κ3) is 2.98. The van der Waals surface area contributed by atoms with Crippen LogP contribution in [0, 0.1) is 0 Å². The van der Waals surface area contributed by atoms with Crippen LogP contribution in [0.3, 0.4) is 0 Å². The Hall–Kier alpha value is -0.301. The van der Waals surface area contributed by atoms with Crippen LogP contribution in [0.25, 0.3) is 0 Å². The Balaban J connectivity index is 2.64. The van der Waals surface area contributed by atoms with E-state index in [1.807, 2.05) is 0 Å². The molecule has 0 aliphatic carbocycles. The third-order valence-electron chi connectivity index (χ3n) is 1.26. The van der Waals surface area contributed by atoms with Crippen molar-refractivity contribution in [3.05, 3.63) is 0 Å². The van der Waals surface area contributed by atoms with Gasteiger partial charge in [-0.2, -0.15) is 0 Å². The van der Waals surface area contributed by atoms with Gasteiger partial charge in [0.15, 0.2) is 0 Å². The average molecular weight is 280 g/mol. The number of carbonyl (C=O) groups is 2. The zero-order valence-corrected chi connectivity index (χ0v) is 9.90. The average Bonchev–Trinajstić information content (AvgIpc) is 1.81. The predicted octanol–water partition coefficient (Wildman–Crippen LogP) is -0.622. The molecule has 68 valence electrons. The first kappa shape index (κ1) is 9.78. The molecular weight excluding hydrogens is 269 g/mol. The molecule has 12 heavy (non-hydrogen) atoms. The van der Waals surface area contributed by atoms with Crippen LogP contribution in [0.15, 0.2) is 0 Å². The normalized spacial score (nSPS) is 23.5. The van der Waals surface area contributed by atoms with Crippen molar-refractivity contribution in [2.75, 3.05) is 13.1 Å². The number of nitrogens with one attached hydrogen (secondary N) is 1. The first-order valence-electron chi connectivity index (χ1n) is 3.64. The Morgan fingerprint density at radius 1 is 1.17 bits per heavy atom. The van der Waals surface area contributed by atoms with Gasteiger partial charge in [-0.15, -0.1) is 0 Å². The molecule has 0 bridgehead atoms. The van der Waals surface area contributed by atoms with E-state index in [1.165, 1.54) is 0 Å². The fraction of sp³-hybridized carbons (Fsp3) is 0.667. The van der Waals surface area contributed by atoms with Crippen LogP contribution in [0.5, 0.6) is 0 Å². The minimum atomic E-state index is -3.25. The quantitative estimate of drug-likeness (QED) is 0.599. The molecule has 0 unspecified atom stereocenters. The van der Waals surface area contributed by atoms with Crippen LogP contribution >= 0.6 is 0 Å². The zero-order chi connectivity index (χ0) is 9.19. The van der Waals surface area contributed by atoms with Crippen LogP contribution in [0.2, 0.25) is 9.88 Å². The van der Waals surface area contributed by atoms with Gasteiger partial charge < -0.3 is 0 Å². The molecule has 0 radical (unpaired) electrons. The summed E-state index contributed by atoms with van der Waals surface area (Å²) in [7, 11) is 0. The van der Waals surface area contributed by atoms with Gasteiger partial charge in [-0.3, -0.25) is 0 Å². The molecule has 0 spiro atoms. The molecule has 0 aromatic heterocycles. The Morgan fingerprint density at radius 2 is 1.58 bits per heavy atom. The number of hydrogen-bond acceptors (Lipinski definition) is 5. The summed E-state index contributed by atoms with van der Waals surface area (Å²) in [5.41, 5.74) is 0. The summed E-state index contributed by atoms with van der Waals surface area (Å²) in [5.74, 6) is -0.661. The maximum atomic E-state index is 10.9. The van der Waals surface area contributed by atoms with Crippen molar-refractivity contribution in [1.82, 2.24) is 5.32 Å². The van der Waals surface area contributed by atoms with Crippen molar-refractivity contribution in [3.63, 3.8) is 0 Å². The molecule has 5 nitrogen and oxygen atoms in total. The van der Waals surface area contributed by atoms with Crippen molar-refractivity contribution in [2.45, 2.75) is 9.88 Å². The second-order valence-corrected chi connectivity index (χ2v) is 12.1. The van der Waals surface area contributed by atoms with Gasteiger partial charge in [-0.1, -0.05) is 0 Å². The van der Waals surface area contributed by atoms with E-state index >= 15 is 0 Å².